The highest BCUT2D eigenvalue weighted by Crippen LogP contribution is 2.23. The lowest BCUT2D eigenvalue weighted by atomic mass is 10.1. The highest BCUT2D eigenvalue weighted by atomic mass is 79.9. The van der Waals surface area contributed by atoms with Crippen LogP contribution in [0.1, 0.15) is 24.5 Å². The lowest BCUT2D eigenvalue weighted by molar-refractivity contribution is 0.257. The summed E-state index contributed by atoms with van der Waals surface area (Å²) in [6.45, 7) is 4.54. The summed E-state index contributed by atoms with van der Waals surface area (Å²) >= 11 is 3.33. The molecule has 2 nitrogen and oxygen atoms in total. The van der Waals surface area contributed by atoms with Gasteiger partial charge >= 0.3 is 0 Å². The molecule has 4 heteroatoms. The van der Waals surface area contributed by atoms with E-state index in [4.69, 9.17) is 5.73 Å². The maximum Gasteiger partial charge on any atom is 0.137 e. The van der Waals surface area contributed by atoms with Crippen LogP contribution in [0.25, 0.3) is 0 Å². The number of nitrogens with two attached hydrogens (primary N) is 1. The molecular weight excluding hydrogens is 331 g/mol. The molecule has 0 saturated carbocycles. The van der Waals surface area contributed by atoms with Gasteiger partial charge in [0.2, 0.25) is 0 Å². The Balaban J connectivity index is 2.16. The SMILES string of the molecule is CCCN(Cc1ccccc1N)Cc1cccc(F)c1Br. The number of hydrogen-bond donors (Lipinski definition) is 1. The van der Waals surface area contributed by atoms with E-state index in [0.29, 0.717) is 11.0 Å². The zero-order valence-electron chi connectivity index (χ0n) is 12.2. The quantitative estimate of drug-likeness (QED) is 0.772. The molecule has 0 atom stereocenters. The molecule has 0 saturated heterocycles. The van der Waals surface area contributed by atoms with Gasteiger partial charge in [-0.3, -0.25) is 4.90 Å². The van der Waals surface area contributed by atoms with Gasteiger partial charge in [0, 0.05) is 18.8 Å². The van der Waals surface area contributed by atoms with Crippen LogP contribution >= 0.6 is 15.9 Å². The molecule has 0 aliphatic heterocycles. The van der Waals surface area contributed by atoms with E-state index in [1.807, 2.05) is 30.3 Å². The lowest BCUT2D eigenvalue weighted by Crippen LogP contribution is -2.24. The molecule has 0 spiro atoms. The molecule has 0 heterocycles. The topological polar surface area (TPSA) is 29.3 Å². The van der Waals surface area contributed by atoms with Crippen LogP contribution in [0.5, 0.6) is 0 Å². The van der Waals surface area contributed by atoms with E-state index >= 15 is 0 Å². The Labute approximate surface area is 133 Å². The third kappa shape index (κ3) is 4.29. The summed E-state index contributed by atoms with van der Waals surface area (Å²) in [6, 6.07) is 13.0. The molecule has 2 rings (SSSR count). The number of anilines is 1. The van der Waals surface area contributed by atoms with Gasteiger partial charge in [-0.2, -0.15) is 0 Å². The minimum absolute atomic E-state index is 0.219. The summed E-state index contributed by atoms with van der Waals surface area (Å²) in [4.78, 5) is 2.28. The van der Waals surface area contributed by atoms with E-state index in [2.05, 4.69) is 27.8 Å². The second-order valence-electron chi connectivity index (χ2n) is 5.12. The number of nitrogens with zero attached hydrogens (tertiary/aromatic N) is 1. The average Bonchev–Trinajstić information content (AvgIpc) is 2.46. The molecule has 0 fully saturated rings. The Hall–Kier alpha value is -1.39. The first-order valence-corrected chi connectivity index (χ1v) is 7.89. The Morgan fingerprint density at radius 1 is 1.05 bits per heavy atom. The summed E-state index contributed by atoms with van der Waals surface area (Å²) < 4.78 is 14.2. The smallest absolute Gasteiger partial charge is 0.137 e. The van der Waals surface area contributed by atoms with E-state index < -0.39 is 0 Å². The van der Waals surface area contributed by atoms with Crippen LogP contribution in [0.4, 0.5) is 10.1 Å². The van der Waals surface area contributed by atoms with Crippen molar-refractivity contribution >= 4 is 21.6 Å². The highest BCUT2D eigenvalue weighted by Gasteiger charge is 2.12. The molecule has 21 heavy (non-hydrogen) atoms. The molecule has 2 aromatic rings. The average molecular weight is 351 g/mol. The number of nitrogen functional groups attached to an aromatic ring is 1. The van der Waals surface area contributed by atoms with Crippen LogP contribution in [0.2, 0.25) is 0 Å². The third-order valence-corrected chi connectivity index (χ3v) is 4.30. The molecule has 0 radical (unpaired) electrons. The standard InChI is InChI=1S/C17H20BrFN2/c1-2-10-21(11-13-6-3-4-9-16(13)20)12-14-7-5-8-15(19)17(14)18/h3-9H,2,10-12,20H2,1H3. The fourth-order valence-electron chi connectivity index (χ4n) is 2.36. The second kappa shape index (κ2) is 7.57. The fourth-order valence-corrected chi connectivity index (χ4v) is 2.75. The normalized spacial score (nSPS) is 11.0. The molecule has 0 bridgehead atoms. The summed E-state index contributed by atoms with van der Waals surface area (Å²) in [5, 5.41) is 0. The van der Waals surface area contributed by atoms with Gasteiger partial charge in [0.05, 0.1) is 4.47 Å². The first-order chi connectivity index (χ1) is 10.1. The van der Waals surface area contributed by atoms with Crippen molar-refractivity contribution in [2.75, 3.05) is 12.3 Å². The van der Waals surface area contributed by atoms with Gasteiger partial charge in [-0.25, -0.2) is 4.39 Å². The van der Waals surface area contributed by atoms with Crippen LogP contribution in [-0.4, -0.2) is 11.4 Å². The Morgan fingerprint density at radius 2 is 1.71 bits per heavy atom. The number of hydrogen-bond acceptors (Lipinski definition) is 2. The molecule has 2 N–H and O–H groups in total. The van der Waals surface area contributed by atoms with Crippen molar-refractivity contribution in [1.29, 1.82) is 0 Å². The minimum atomic E-state index is -0.219. The Kier molecular flexibility index (Phi) is 5.76. The van der Waals surface area contributed by atoms with Gasteiger partial charge in [0.25, 0.3) is 0 Å². The van der Waals surface area contributed by atoms with Crippen LogP contribution in [-0.2, 0) is 13.1 Å². The van der Waals surface area contributed by atoms with Crippen molar-refractivity contribution < 1.29 is 4.39 Å². The summed E-state index contributed by atoms with van der Waals surface area (Å²) in [6.07, 6.45) is 1.04. The number of para-hydroxylation sites is 1. The van der Waals surface area contributed by atoms with E-state index in [0.717, 1.165) is 36.3 Å². The van der Waals surface area contributed by atoms with Gasteiger partial charge in [-0.1, -0.05) is 37.3 Å². The summed E-state index contributed by atoms with van der Waals surface area (Å²) in [5.74, 6) is -0.219. The van der Waals surface area contributed by atoms with Crippen LogP contribution in [0.15, 0.2) is 46.9 Å². The molecule has 0 unspecified atom stereocenters. The van der Waals surface area contributed by atoms with E-state index in [9.17, 15) is 4.39 Å². The van der Waals surface area contributed by atoms with Crippen molar-refractivity contribution in [2.24, 2.45) is 0 Å². The largest absolute Gasteiger partial charge is 0.398 e. The number of rotatable bonds is 6. The first kappa shape index (κ1) is 16.0. The highest BCUT2D eigenvalue weighted by molar-refractivity contribution is 9.10. The molecule has 0 amide bonds. The van der Waals surface area contributed by atoms with Crippen LogP contribution < -0.4 is 5.73 Å². The minimum Gasteiger partial charge on any atom is -0.398 e. The van der Waals surface area contributed by atoms with Gasteiger partial charge in [0.15, 0.2) is 0 Å². The predicted octanol–water partition coefficient (Wildman–Crippen LogP) is 4.58. The van der Waals surface area contributed by atoms with Crippen LogP contribution in [0.3, 0.4) is 0 Å². The lowest BCUT2D eigenvalue weighted by Gasteiger charge is -2.23. The first-order valence-electron chi connectivity index (χ1n) is 7.10. The molecule has 112 valence electrons. The summed E-state index contributed by atoms with van der Waals surface area (Å²) in [7, 11) is 0. The van der Waals surface area contributed by atoms with E-state index in [-0.39, 0.29) is 5.82 Å². The third-order valence-electron chi connectivity index (χ3n) is 3.41. The van der Waals surface area contributed by atoms with Crippen LogP contribution in [0, 0.1) is 5.82 Å². The number of halogens is 2. The molecular formula is C17H20BrFN2. The number of benzene rings is 2. The Morgan fingerprint density at radius 3 is 2.43 bits per heavy atom. The monoisotopic (exact) mass is 350 g/mol. The fraction of sp³-hybridized carbons (Fsp3) is 0.294. The maximum absolute atomic E-state index is 13.6. The van der Waals surface area contributed by atoms with Crippen molar-refractivity contribution in [2.45, 2.75) is 26.4 Å². The predicted molar refractivity (Wildman–Crippen MR) is 89.4 cm³/mol. The Bertz CT molecular complexity index is 601. The second-order valence-corrected chi connectivity index (χ2v) is 5.92. The zero-order chi connectivity index (χ0) is 15.2. The van der Waals surface area contributed by atoms with Gasteiger partial charge in [0.1, 0.15) is 5.82 Å². The van der Waals surface area contributed by atoms with Gasteiger partial charge in [-0.15, -0.1) is 0 Å². The van der Waals surface area contributed by atoms with E-state index in [1.54, 1.807) is 6.07 Å². The van der Waals surface area contributed by atoms with Crippen molar-refractivity contribution in [1.82, 2.24) is 4.90 Å². The van der Waals surface area contributed by atoms with Crippen molar-refractivity contribution in [3.63, 3.8) is 0 Å². The molecule has 0 aromatic heterocycles. The van der Waals surface area contributed by atoms with Gasteiger partial charge < -0.3 is 5.73 Å². The van der Waals surface area contributed by atoms with Crippen molar-refractivity contribution in [3.8, 4) is 0 Å². The maximum atomic E-state index is 13.6. The zero-order valence-corrected chi connectivity index (χ0v) is 13.7. The summed E-state index contributed by atoms with van der Waals surface area (Å²) in [5.41, 5.74) is 8.89. The van der Waals surface area contributed by atoms with E-state index in [1.165, 1.54) is 6.07 Å². The van der Waals surface area contributed by atoms with Crippen molar-refractivity contribution in [3.05, 3.63) is 63.9 Å². The molecule has 0 aliphatic carbocycles. The molecule has 2 aromatic carbocycles. The molecule has 0 aliphatic rings. The van der Waals surface area contributed by atoms with Gasteiger partial charge in [-0.05, 0) is 52.2 Å².